The molecule has 0 aliphatic heterocycles. The van der Waals surface area contributed by atoms with Crippen molar-refractivity contribution in [1.82, 2.24) is 9.97 Å². The van der Waals surface area contributed by atoms with Gasteiger partial charge in [-0.15, -0.1) is 0 Å². The van der Waals surface area contributed by atoms with Crippen molar-refractivity contribution in [2.45, 2.75) is 19.3 Å². The van der Waals surface area contributed by atoms with Crippen molar-refractivity contribution < 1.29 is 0 Å². The van der Waals surface area contributed by atoms with E-state index >= 15 is 0 Å². The first kappa shape index (κ1) is 11.5. The van der Waals surface area contributed by atoms with E-state index in [0.29, 0.717) is 5.92 Å². The maximum Gasteiger partial charge on any atom is 0.0273 e. The van der Waals surface area contributed by atoms with Gasteiger partial charge in [0.15, 0.2) is 0 Å². The van der Waals surface area contributed by atoms with Gasteiger partial charge in [-0.2, -0.15) is 0 Å². The van der Waals surface area contributed by atoms with Crippen LogP contribution in [0.2, 0.25) is 0 Å². The molecule has 2 heterocycles. The van der Waals surface area contributed by atoms with Crippen LogP contribution in [0.1, 0.15) is 30.4 Å². The summed E-state index contributed by atoms with van der Waals surface area (Å²) in [5, 5.41) is 0. The van der Waals surface area contributed by atoms with E-state index in [9.17, 15) is 0 Å². The minimum atomic E-state index is 0.457. The Hall–Kier alpha value is -1.96. The predicted molar refractivity (Wildman–Crippen MR) is 70.5 cm³/mol. The molecule has 2 aromatic rings. The van der Waals surface area contributed by atoms with Crippen LogP contribution in [0.3, 0.4) is 0 Å². The van der Waals surface area contributed by atoms with Crippen molar-refractivity contribution in [3.05, 3.63) is 66.8 Å². The SMILES string of the molecule is C=C(CC(C)c1ccncc1)c1ccncc1. The second-order valence-electron chi connectivity index (χ2n) is 4.23. The number of hydrogen-bond acceptors (Lipinski definition) is 2. The Morgan fingerprint density at radius 1 is 1.06 bits per heavy atom. The number of hydrogen-bond donors (Lipinski definition) is 0. The maximum absolute atomic E-state index is 4.15. The van der Waals surface area contributed by atoms with Gasteiger partial charge in [0, 0.05) is 24.8 Å². The Morgan fingerprint density at radius 2 is 1.59 bits per heavy atom. The summed E-state index contributed by atoms with van der Waals surface area (Å²) in [6, 6.07) is 8.12. The van der Waals surface area contributed by atoms with Gasteiger partial charge in [0.2, 0.25) is 0 Å². The van der Waals surface area contributed by atoms with E-state index in [0.717, 1.165) is 12.0 Å². The van der Waals surface area contributed by atoms with Crippen LogP contribution in [0, 0.1) is 0 Å². The summed E-state index contributed by atoms with van der Waals surface area (Å²) < 4.78 is 0. The summed E-state index contributed by atoms with van der Waals surface area (Å²) in [5.41, 5.74) is 3.62. The molecule has 0 aliphatic rings. The van der Waals surface area contributed by atoms with E-state index in [4.69, 9.17) is 0 Å². The van der Waals surface area contributed by atoms with Crippen LogP contribution in [0.25, 0.3) is 5.57 Å². The van der Waals surface area contributed by atoms with Crippen molar-refractivity contribution in [3.8, 4) is 0 Å². The highest BCUT2D eigenvalue weighted by molar-refractivity contribution is 5.63. The van der Waals surface area contributed by atoms with Crippen LogP contribution in [0.15, 0.2) is 55.6 Å². The van der Waals surface area contributed by atoms with Crippen molar-refractivity contribution in [2.24, 2.45) is 0 Å². The lowest BCUT2D eigenvalue weighted by Crippen LogP contribution is -1.95. The lowest BCUT2D eigenvalue weighted by Gasteiger charge is -2.13. The zero-order valence-electron chi connectivity index (χ0n) is 10.0. The average molecular weight is 224 g/mol. The zero-order chi connectivity index (χ0) is 12.1. The largest absolute Gasteiger partial charge is 0.265 e. The van der Waals surface area contributed by atoms with Gasteiger partial charge in [-0.25, -0.2) is 0 Å². The molecular weight excluding hydrogens is 208 g/mol. The Bertz CT molecular complexity index is 477. The van der Waals surface area contributed by atoms with E-state index in [1.165, 1.54) is 11.1 Å². The first-order valence-corrected chi connectivity index (χ1v) is 5.75. The minimum absolute atomic E-state index is 0.457. The third kappa shape index (κ3) is 3.00. The molecule has 1 atom stereocenters. The van der Waals surface area contributed by atoms with Gasteiger partial charge >= 0.3 is 0 Å². The maximum atomic E-state index is 4.15. The first-order valence-electron chi connectivity index (χ1n) is 5.75. The van der Waals surface area contributed by atoms with Crippen LogP contribution >= 0.6 is 0 Å². The Labute approximate surface area is 102 Å². The summed E-state index contributed by atoms with van der Waals surface area (Å²) in [6.45, 7) is 6.36. The van der Waals surface area contributed by atoms with Crippen molar-refractivity contribution in [3.63, 3.8) is 0 Å². The molecule has 1 unspecified atom stereocenters. The number of aromatic nitrogens is 2. The van der Waals surface area contributed by atoms with Gasteiger partial charge in [0.25, 0.3) is 0 Å². The van der Waals surface area contributed by atoms with Gasteiger partial charge < -0.3 is 0 Å². The molecule has 86 valence electrons. The predicted octanol–water partition coefficient (Wildman–Crippen LogP) is 3.68. The molecule has 2 rings (SSSR count). The third-order valence-corrected chi connectivity index (χ3v) is 2.92. The molecule has 0 bridgehead atoms. The topological polar surface area (TPSA) is 25.8 Å². The molecule has 17 heavy (non-hydrogen) atoms. The quantitative estimate of drug-likeness (QED) is 0.791. The van der Waals surface area contributed by atoms with E-state index in [1.54, 1.807) is 12.4 Å². The molecule has 0 aromatic carbocycles. The van der Waals surface area contributed by atoms with Gasteiger partial charge in [-0.1, -0.05) is 13.5 Å². The molecule has 0 radical (unpaired) electrons. The van der Waals surface area contributed by atoms with Crippen LogP contribution in [-0.2, 0) is 0 Å². The Balaban J connectivity index is 2.05. The van der Waals surface area contributed by atoms with E-state index in [-0.39, 0.29) is 0 Å². The van der Waals surface area contributed by atoms with Crippen molar-refractivity contribution in [2.75, 3.05) is 0 Å². The van der Waals surface area contributed by atoms with E-state index < -0.39 is 0 Å². The second-order valence-corrected chi connectivity index (χ2v) is 4.23. The molecule has 0 N–H and O–H groups in total. The highest BCUT2D eigenvalue weighted by atomic mass is 14.6. The standard InChI is InChI=1S/C15H16N2/c1-12(14-3-7-16-8-4-14)11-13(2)15-5-9-17-10-6-15/h3-10,13H,1,11H2,2H3. The molecule has 2 aromatic heterocycles. The van der Waals surface area contributed by atoms with E-state index in [1.807, 2.05) is 24.5 Å². The molecule has 0 amide bonds. The van der Waals surface area contributed by atoms with Gasteiger partial charge in [0.1, 0.15) is 0 Å². The lowest BCUT2D eigenvalue weighted by atomic mass is 9.92. The fourth-order valence-corrected chi connectivity index (χ4v) is 1.88. The van der Waals surface area contributed by atoms with Crippen LogP contribution in [0.4, 0.5) is 0 Å². The summed E-state index contributed by atoms with van der Waals surface area (Å²) in [4.78, 5) is 8.05. The smallest absolute Gasteiger partial charge is 0.0273 e. The Kier molecular flexibility index (Phi) is 3.66. The summed E-state index contributed by atoms with van der Waals surface area (Å²) in [5.74, 6) is 0.457. The minimum Gasteiger partial charge on any atom is -0.265 e. The first-order chi connectivity index (χ1) is 8.27. The fraction of sp³-hybridized carbons (Fsp3) is 0.200. The fourth-order valence-electron chi connectivity index (χ4n) is 1.88. The third-order valence-electron chi connectivity index (χ3n) is 2.92. The molecule has 2 nitrogen and oxygen atoms in total. The monoisotopic (exact) mass is 224 g/mol. The number of nitrogens with zero attached hydrogens (tertiary/aromatic N) is 2. The molecule has 2 heteroatoms. The molecule has 0 saturated carbocycles. The van der Waals surface area contributed by atoms with Gasteiger partial charge in [-0.3, -0.25) is 9.97 Å². The van der Waals surface area contributed by atoms with Crippen LogP contribution in [0.5, 0.6) is 0 Å². The zero-order valence-corrected chi connectivity index (χ0v) is 10.0. The van der Waals surface area contributed by atoms with Crippen molar-refractivity contribution >= 4 is 5.57 Å². The number of pyridine rings is 2. The highest BCUT2D eigenvalue weighted by Gasteiger charge is 2.08. The Morgan fingerprint density at radius 3 is 2.18 bits per heavy atom. The lowest BCUT2D eigenvalue weighted by molar-refractivity contribution is 0.790. The van der Waals surface area contributed by atoms with Gasteiger partial charge in [0.05, 0.1) is 0 Å². The molecule has 0 aliphatic carbocycles. The van der Waals surface area contributed by atoms with Gasteiger partial charge in [-0.05, 0) is 53.3 Å². The summed E-state index contributed by atoms with van der Waals surface area (Å²) in [7, 11) is 0. The molecule has 0 saturated heterocycles. The molecular formula is C15H16N2. The summed E-state index contributed by atoms with van der Waals surface area (Å²) >= 11 is 0. The average Bonchev–Trinajstić information content (AvgIpc) is 2.40. The second kappa shape index (κ2) is 5.39. The number of allylic oxidation sites excluding steroid dienone is 1. The van der Waals surface area contributed by atoms with Crippen LogP contribution < -0.4 is 0 Å². The van der Waals surface area contributed by atoms with E-state index in [2.05, 4.69) is 35.6 Å². The summed E-state index contributed by atoms with van der Waals surface area (Å²) in [6.07, 6.45) is 8.23. The molecule has 0 fully saturated rings. The van der Waals surface area contributed by atoms with Crippen molar-refractivity contribution in [1.29, 1.82) is 0 Å². The highest BCUT2D eigenvalue weighted by Crippen LogP contribution is 2.26. The molecule has 0 spiro atoms. The number of rotatable bonds is 4. The normalized spacial score (nSPS) is 12.1. The van der Waals surface area contributed by atoms with Crippen LogP contribution in [-0.4, -0.2) is 9.97 Å².